The first-order chi connectivity index (χ1) is 11.1. The van der Waals surface area contributed by atoms with Crippen LogP contribution in [0.1, 0.15) is 28.0 Å². The average molecular weight is 312 g/mol. The number of anilines is 1. The Morgan fingerprint density at radius 1 is 1.35 bits per heavy atom. The first-order valence-electron chi connectivity index (χ1n) is 7.71. The molecule has 3 rings (SSSR count). The Bertz CT molecular complexity index is 687. The van der Waals surface area contributed by atoms with E-state index in [1.165, 1.54) is 0 Å². The molecule has 6 nitrogen and oxygen atoms in total. The molecule has 1 atom stereocenters. The lowest BCUT2D eigenvalue weighted by Gasteiger charge is -2.15. The van der Waals surface area contributed by atoms with Gasteiger partial charge < -0.3 is 10.4 Å². The molecule has 0 unspecified atom stereocenters. The van der Waals surface area contributed by atoms with Gasteiger partial charge in [-0.3, -0.25) is 9.69 Å². The number of hydrogen-bond acceptors (Lipinski definition) is 5. The highest BCUT2D eigenvalue weighted by Crippen LogP contribution is 2.15. The van der Waals surface area contributed by atoms with Crippen molar-refractivity contribution in [3.8, 4) is 0 Å². The van der Waals surface area contributed by atoms with Crippen molar-refractivity contribution in [1.82, 2.24) is 15.1 Å². The Balaban J connectivity index is 1.66. The molecule has 2 heterocycles. The van der Waals surface area contributed by atoms with Crippen LogP contribution in [0.15, 0.2) is 36.4 Å². The van der Waals surface area contributed by atoms with Crippen LogP contribution in [0.5, 0.6) is 0 Å². The van der Waals surface area contributed by atoms with Crippen LogP contribution in [0, 0.1) is 6.92 Å². The second-order valence-electron chi connectivity index (χ2n) is 5.89. The molecule has 120 valence electrons. The van der Waals surface area contributed by atoms with Gasteiger partial charge in [0.2, 0.25) is 0 Å². The number of likely N-dealkylation sites (tertiary alicyclic amines) is 1. The fourth-order valence-corrected chi connectivity index (χ4v) is 2.68. The molecule has 0 radical (unpaired) electrons. The third-order valence-electron chi connectivity index (χ3n) is 3.88. The number of amides is 1. The van der Waals surface area contributed by atoms with E-state index in [2.05, 4.69) is 20.4 Å². The first kappa shape index (κ1) is 15.6. The minimum atomic E-state index is -0.235. The summed E-state index contributed by atoms with van der Waals surface area (Å²) in [6.07, 6.45) is 0.577. The van der Waals surface area contributed by atoms with Crippen LogP contribution < -0.4 is 5.32 Å². The number of aromatic nitrogens is 2. The summed E-state index contributed by atoms with van der Waals surface area (Å²) in [4.78, 5) is 14.5. The molecule has 1 amide bonds. The predicted molar refractivity (Wildman–Crippen MR) is 87.1 cm³/mol. The third kappa shape index (κ3) is 4.12. The minimum Gasteiger partial charge on any atom is -0.392 e. The maximum absolute atomic E-state index is 12.3. The van der Waals surface area contributed by atoms with Gasteiger partial charge >= 0.3 is 0 Å². The Kier molecular flexibility index (Phi) is 4.64. The summed E-state index contributed by atoms with van der Waals surface area (Å²) < 4.78 is 0. The van der Waals surface area contributed by atoms with Crippen LogP contribution in [-0.4, -0.2) is 45.3 Å². The molecule has 23 heavy (non-hydrogen) atoms. The molecular weight excluding hydrogens is 292 g/mol. The van der Waals surface area contributed by atoms with E-state index >= 15 is 0 Å². The van der Waals surface area contributed by atoms with Gasteiger partial charge in [0.25, 0.3) is 5.91 Å². The van der Waals surface area contributed by atoms with Crippen LogP contribution in [0.3, 0.4) is 0 Å². The van der Waals surface area contributed by atoms with Crippen LogP contribution >= 0.6 is 0 Å². The molecule has 0 bridgehead atoms. The zero-order valence-electron chi connectivity index (χ0n) is 13.1. The topological polar surface area (TPSA) is 78.4 Å². The normalized spacial score (nSPS) is 18.1. The van der Waals surface area contributed by atoms with E-state index in [9.17, 15) is 9.90 Å². The number of aliphatic hydroxyl groups is 1. The number of benzene rings is 1. The number of carbonyl (C=O) groups excluding carboxylic acids is 1. The van der Waals surface area contributed by atoms with Gasteiger partial charge in [-0.2, -0.15) is 5.10 Å². The second-order valence-corrected chi connectivity index (χ2v) is 5.89. The number of aliphatic hydroxyl groups excluding tert-OH is 1. The van der Waals surface area contributed by atoms with Crippen LogP contribution in [0.4, 0.5) is 5.82 Å². The van der Waals surface area contributed by atoms with Crippen LogP contribution in [0.25, 0.3) is 0 Å². The number of nitrogens with zero attached hydrogens (tertiary/aromatic N) is 3. The molecule has 2 aromatic rings. The highest BCUT2D eigenvalue weighted by molar-refractivity contribution is 6.03. The van der Waals surface area contributed by atoms with Gasteiger partial charge in [-0.25, -0.2) is 0 Å². The summed E-state index contributed by atoms with van der Waals surface area (Å²) in [6.45, 7) is 4.16. The molecule has 0 spiro atoms. The molecule has 1 aliphatic rings. The number of β-amino-alcohol motifs (C(OH)–C–C–N with tert-alkyl or cyclic N) is 1. The van der Waals surface area contributed by atoms with Crippen LogP contribution in [-0.2, 0) is 6.54 Å². The van der Waals surface area contributed by atoms with Gasteiger partial charge in [-0.1, -0.05) is 12.1 Å². The van der Waals surface area contributed by atoms with E-state index in [1.807, 2.05) is 25.1 Å². The molecule has 6 heteroatoms. The standard InChI is InChI=1S/C17H20N4O2/c1-12-5-6-16(20-19-12)18-17(23)14-4-2-3-13(9-14)10-21-8-7-15(22)11-21/h2-6,9,15,22H,7-8,10-11H2,1H3,(H,18,20,23)/t15-/m0/s1. The van der Waals surface area contributed by atoms with E-state index in [1.54, 1.807) is 18.2 Å². The fraction of sp³-hybridized carbons (Fsp3) is 0.353. The molecule has 0 aliphatic carbocycles. The monoisotopic (exact) mass is 312 g/mol. The summed E-state index contributed by atoms with van der Waals surface area (Å²) in [6, 6.07) is 11.1. The highest BCUT2D eigenvalue weighted by atomic mass is 16.3. The van der Waals surface area contributed by atoms with Crippen molar-refractivity contribution < 1.29 is 9.90 Å². The third-order valence-corrected chi connectivity index (χ3v) is 3.88. The zero-order chi connectivity index (χ0) is 16.2. The lowest BCUT2D eigenvalue weighted by atomic mass is 10.1. The molecule has 1 aliphatic heterocycles. The van der Waals surface area contributed by atoms with Gasteiger partial charge in [-0.15, -0.1) is 5.10 Å². The SMILES string of the molecule is Cc1ccc(NC(=O)c2cccc(CN3CC[C@H](O)C3)c2)nn1. The van der Waals surface area contributed by atoms with E-state index in [4.69, 9.17) is 0 Å². The summed E-state index contributed by atoms with van der Waals surface area (Å²) in [5.74, 6) is 0.236. The number of carbonyl (C=O) groups is 1. The van der Waals surface area contributed by atoms with E-state index in [-0.39, 0.29) is 12.0 Å². The van der Waals surface area contributed by atoms with E-state index in [0.717, 1.165) is 30.8 Å². The Morgan fingerprint density at radius 3 is 2.91 bits per heavy atom. The fourth-order valence-electron chi connectivity index (χ4n) is 2.68. The Labute approximate surface area is 135 Å². The van der Waals surface area contributed by atoms with Crippen molar-refractivity contribution in [3.63, 3.8) is 0 Å². The Morgan fingerprint density at radius 2 is 2.22 bits per heavy atom. The second kappa shape index (κ2) is 6.85. The predicted octanol–water partition coefficient (Wildman–Crippen LogP) is 1.60. The van der Waals surface area contributed by atoms with Gasteiger partial charge in [0, 0.05) is 25.2 Å². The number of nitrogens with one attached hydrogen (secondary N) is 1. The lowest BCUT2D eigenvalue weighted by Crippen LogP contribution is -2.21. The van der Waals surface area contributed by atoms with Gasteiger partial charge in [-0.05, 0) is 43.2 Å². The maximum atomic E-state index is 12.3. The lowest BCUT2D eigenvalue weighted by molar-refractivity contribution is 0.102. The molecule has 1 saturated heterocycles. The summed E-state index contributed by atoms with van der Waals surface area (Å²) in [7, 11) is 0. The largest absolute Gasteiger partial charge is 0.392 e. The minimum absolute atomic E-state index is 0.202. The summed E-state index contributed by atoms with van der Waals surface area (Å²) in [5.41, 5.74) is 2.45. The van der Waals surface area contributed by atoms with Gasteiger partial charge in [0.05, 0.1) is 11.8 Å². The molecule has 2 N–H and O–H groups in total. The van der Waals surface area contributed by atoms with E-state index in [0.29, 0.717) is 17.9 Å². The van der Waals surface area contributed by atoms with Crippen molar-refractivity contribution in [3.05, 3.63) is 53.2 Å². The van der Waals surface area contributed by atoms with Crippen molar-refractivity contribution in [2.24, 2.45) is 0 Å². The summed E-state index contributed by atoms with van der Waals surface area (Å²) >= 11 is 0. The highest BCUT2D eigenvalue weighted by Gasteiger charge is 2.20. The molecular formula is C17H20N4O2. The van der Waals surface area contributed by atoms with Crippen molar-refractivity contribution in [2.75, 3.05) is 18.4 Å². The molecule has 0 saturated carbocycles. The molecule has 1 aromatic carbocycles. The van der Waals surface area contributed by atoms with Gasteiger partial charge in [0.1, 0.15) is 0 Å². The van der Waals surface area contributed by atoms with Crippen molar-refractivity contribution in [2.45, 2.75) is 26.0 Å². The summed E-state index contributed by atoms with van der Waals surface area (Å²) in [5, 5.41) is 20.2. The smallest absolute Gasteiger partial charge is 0.256 e. The zero-order valence-corrected chi connectivity index (χ0v) is 13.1. The van der Waals surface area contributed by atoms with Crippen molar-refractivity contribution >= 4 is 11.7 Å². The molecule has 1 fully saturated rings. The quantitative estimate of drug-likeness (QED) is 0.896. The average Bonchev–Trinajstić information content (AvgIpc) is 2.95. The van der Waals surface area contributed by atoms with Crippen molar-refractivity contribution in [1.29, 1.82) is 0 Å². The van der Waals surface area contributed by atoms with Crippen LogP contribution in [0.2, 0.25) is 0 Å². The maximum Gasteiger partial charge on any atom is 0.256 e. The number of hydrogen-bond donors (Lipinski definition) is 2. The first-order valence-corrected chi connectivity index (χ1v) is 7.71. The Hall–Kier alpha value is -2.31. The number of rotatable bonds is 4. The van der Waals surface area contributed by atoms with E-state index < -0.39 is 0 Å². The molecule has 1 aromatic heterocycles. The van der Waals surface area contributed by atoms with Gasteiger partial charge in [0.15, 0.2) is 5.82 Å². The number of aryl methyl sites for hydroxylation is 1.